The highest BCUT2D eigenvalue weighted by Crippen LogP contribution is 2.25. The van der Waals surface area contributed by atoms with E-state index in [1.165, 1.54) is 11.3 Å². The highest BCUT2D eigenvalue weighted by Gasteiger charge is 2.22. The first-order valence-electron chi connectivity index (χ1n) is 7.96. The molecular weight excluding hydrogens is 312 g/mol. The van der Waals surface area contributed by atoms with E-state index in [0.717, 1.165) is 34.9 Å². The molecule has 2 aromatic rings. The second kappa shape index (κ2) is 6.41. The van der Waals surface area contributed by atoms with Gasteiger partial charge in [-0.2, -0.15) is 0 Å². The van der Waals surface area contributed by atoms with Gasteiger partial charge in [0.25, 0.3) is 5.56 Å². The molecule has 1 atom stereocenters. The second-order valence-electron chi connectivity index (χ2n) is 6.12. The van der Waals surface area contributed by atoms with E-state index in [0.29, 0.717) is 24.1 Å². The summed E-state index contributed by atoms with van der Waals surface area (Å²) in [6.07, 6.45) is 0.846. The van der Waals surface area contributed by atoms with Crippen LogP contribution in [-0.2, 0) is 11.2 Å². The van der Waals surface area contributed by atoms with Crippen LogP contribution in [0.25, 0.3) is 10.2 Å². The van der Waals surface area contributed by atoms with Gasteiger partial charge in [-0.3, -0.25) is 9.59 Å². The van der Waals surface area contributed by atoms with E-state index < -0.39 is 0 Å². The molecule has 2 aromatic heterocycles. The number of amides is 1. The van der Waals surface area contributed by atoms with Crippen molar-refractivity contribution in [3.63, 3.8) is 0 Å². The first-order valence-corrected chi connectivity index (χ1v) is 8.78. The van der Waals surface area contributed by atoms with Crippen molar-refractivity contribution >= 4 is 27.5 Å². The molecule has 1 aliphatic rings. The molecule has 0 radical (unpaired) electrons. The fourth-order valence-electron chi connectivity index (χ4n) is 3.00. The molecule has 23 heavy (non-hydrogen) atoms. The average Bonchev–Trinajstić information content (AvgIpc) is 2.80. The van der Waals surface area contributed by atoms with E-state index in [1.807, 2.05) is 25.7 Å². The maximum atomic E-state index is 12.4. The summed E-state index contributed by atoms with van der Waals surface area (Å²) in [5.41, 5.74) is 0.894. The molecule has 124 valence electrons. The summed E-state index contributed by atoms with van der Waals surface area (Å²) in [6.45, 7) is 8.40. The van der Waals surface area contributed by atoms with Gasteiger partial charge in [-0.25, -0.2) is 4.98 Å². The number of thiophene rings is 1. The predicted octanol–water partition coefficient (Wildman–Crippen LogP) is 1.35. The van der Waals surface area contributed by atoms with Crippen molar-refractivity contribution in [1.82, 2.24) is 20.2 Å². The van der Waals surface area contributed by atoms with Gasteiger partial charge in [0, 0.05) is 43.4 Å². The van der Waals surface area contributed by atoms with Crippen LogP contribution in [0.2, 0.25) is 0 Å². The Labute approximate surface area is 138 Å². The Morgan fingerprint density at radius 1 is 1.43 bits per heavy atom. The number of rotatable bonds is 3. The minimum Gasteiger partial charge on any atom is -0.337 e. The van der Waals surface area contributed by atoms with Gasteiger partial charge < -0.3 is 15.2 Å². The topological polar surface area (TPSA) is 78.1 Å². The Balaban J connectivity index is 1.74. The van der Waals surface area contributed by atoms with Crippen molar-refractivity contribution in [2.24, 2.45) is 0 Å². The number of aromatic nitrogens is 2. The summed E-state index contributed by atoms with van der Waals surface area (Å²) < 4.78 is 0. The number of piperazine rings is 1. The molecule has 3 rings (SSSR count). The number of nitrogens with zero attached hydrogens (tertiary/aromatic N) is 2. The van der Waals surface area contributed by atoms with Crippen LogP contribution in [0.15, 0.2) is 4.79 Å². The Kier molecular flexibility index (Phi) is 4.50. The summed E-state index contributed by atoms with van der Waals surface area (Å²) in [5, 5.41) is 3.95. The summed E-state index contributed by atoms with van der Waals surface area (Å²) in [6, 6.07) is 0.216. The van der Waals surface area contributed by atoms with Crippen LogP contribution in [0.1, 0.15) is 29.6 Å². The molecule has 1 aliphatic heterocycles. The zero-order chi connectivity index (χ0) is 16.6. The predicted molar refractivity (Wildman–Crippen MR) is 92.1 cm³/mol. The van der Waals surface area contributed by atoms with Gasteiger partial charge in [-0.15, -0.1) is 11.3 Å². The lowest BCUT2D eigenvalue weighted by atomic mass is 10.1. The van der Waals surface area contributed by atoms with Crippen molar-refractivity contribution < 1.29 is 4.79 Å². The number of carbonyl (C=O) groups excluding carboxylic acids is 1. The zero-order valence-electron chi connectivity index (χ0n) is 13.7. The monoisotopic (exact) mass is 334 g/mol. The molecule has 6 nitrogen and oxygen atoms in total. The van der Waals surface area contributed by atoms with E-state index >= 15 is 0 Å². The van der Waals surface area contributed by atoms with Crippen LogP contribution in [0.3, 0.4) is 0 Å². The fourth-order valence-corrected chi connectivity index (χ4v) is 4.05. The lowest BCUT2D eigenvalue weighted by Gasteiger charge is -2.34. The maximum absolute atomic E-state index is 12.4. The molecule has 1 fully saturated rings. The van der Waals surface area contributed by atoms with Gasteiger partial charge in [-0.1, -0.05) is 0 Å². The van der Waals surface area contributed by atoms with Gasteiger partial charge >= 0.3 is 0 Å². The molecule has 0 unspecified atom stereocenters. The Morgan fingerprint density at radius 3 is 2.96 bits per heavy atom. The summed E-state index contributed by atoms with van der Waals surface area (Å²) >= 11 is 1.54. The van der Waals surface area contributed by atoms with Crippen LogP contribution in [0.5, 0.6) is 0 Å². The molecule has 1 saturated heterocycles. The molecular formula is C16H22N4O2S. The first kappa shape index (κ1) is 16.1. The highest BCUT2D eigenvalue weighted by atomic mass is 32.1. The lowest BCUT2D eigenvalue weighted by Crippen LogP contribution is -2.52. The number of carbonyl (C=O) groups is 1. The van der Waals surface area contributed by atoms with E-state index in [2.05, 4.69) is 15.3 Å². The zero-order valence-corrected chi connectivity index (χ0v) is 14.5. The van der Waals surface area contributed by atoms with E-state index in [9.17, 15) is 9.59 Å². The third-order valence-corrected chi connectivity index (χ3v) is 5.59. The van der Waals surface area contributed by atoms with Crippen LogP contribution in [-0.4, -0.2) is 46.5 Å². The van der Waals surface area contributed by atoms with Gasteiger partial charge in [0.2, 0.25) is 5.91 Å². The Morgan fingerprint density at radius 2 is 2.22 bits per heavy atom. The van der Waals surface area contributed by atoms with E-state index in [4.69, 9.17) is 0 Å². The normalized spacial score (nSPS) is 18.6. The number of hydrogen-bond acceptors (Lipinski definition) is 5. The standard InChI is InChI=1S/C16H22N4O2S/c1-9-8-17-6-7-20(9)13(21)5-4-12-18-15(22)14-10(2)11(3)23-16(14)19-12/h9,17H,4-8H2,1-3H3,(H,18,19,22)/t9-/m1/s1. The van der Waals surface area contributed by atoms with E-state index in [-0.39, 0.29) is 17.5 Å². The van der Waals surface area contributed by atoms with Crippen LogP contribution in [0.4, 0.5) is 0 Å². The van der Waals surface area contributed by atoms with Crippen LogP contribution in [0, 0.1) is 13.8 Å². The van der Waals surface area contributed by atoms with Crippen molar-refractivity contribution in [3.8, 4) is 0 Å². The molecule has 2 N–H and O–H groups in total. The molecule has 0 bridgehead atoms. The minimum atomic E-state index is -0.102. The third-order valence-electron chi connectivity index (χ3n) is 4.49. The Bertz CT molecular complexity index is 795. The lowest BCUT2D eigenvalue weighted by molar-refractivity contribution is -0.133. The second-order valence-corrected chi connectivity index (χ2v) is 7.32. The molecule has 0 aromatic carbocycles. The molecule has 0 spiro atoms. The van der Waals surface area contributed by atoms with Crippen molar-refractivity contribution in [2.45, 2.75) is 39.7 Å². The molecule has 3 heterocycles. The molecule has 7 heteroatoms. The summed E-state index contributed by atoms with van der Waals surface area (Å²) in [5.74, 6) is 0.722. The SMILES string of the molecule is Cc1sc2nc(CCC(=O)N3CCNC[C@H]3C)[nH]c(=O)c2c1C. The first-order chi connectivity index (χ1) is 11.0. The fraction of sp³-hybridized carbons (Fsp3) is 0.562. The number of fused-ring (bicyclic) bond motifs is 1. The van der Waals surface area contributed by atoms with Crippen LogP contribution >= 0.6 is 11.3 Å². The number of nitrogens with one attached hydrogen (secondary N) is 2. The maximum Gasteiger partial charge on any atom is 0.259 e. The average molecular weight is 334 g/mol. The smallest absolute Gasteiger partial charge is 0.259 e. The van der Waals surface area contributed by atoms with Gasteiger partial charge in [0.15, 0.2) is 0 Å². The number of hydrogen-bond donors (Lipinski definition) is 2. The van der Waals surface area contributed by atoms with Crippen LogP contribution < -0.4 is 10.9 Å². The highest BCUT2D eigenvalue weighted by molar-refractivity contribution is 7.18. The number of H-pyrrole nitrogens is 1. The van der Waals surface area contributed by atoms with Gasteiger partial charge in [-0.05, 0) is 26.3 Å². The third kappa shape index (κ3) is 3.16. The minimum absolute atomic E-state index is 0.102. The molecule has 0 aliphatic carbocycles. The van der Waals surface area contributed by atoms with Crippen molar-refractivity contribution in [3.05, 3.63) is 26.6 Å². The van der Waals surface area contributed by atoms with E-state index in [1.54, 1.807) is 0 Å². The number of aromatic amines is 1. The summed E-state index contributed by atoms with van der Waals surface area (Å²) in [4.78, 5) is 35.8. The summed E-state index contributed by atoms with van der Waals surface area (Å²) in [7, 11) is 0. The van der Waals surface area contributed by atoms with Gasteiger partial charge in [0.05, 0.1) is 5.39 Å². The number of aryl methyl sites for hydroxylation is 3. The molecule has 0 saturated carbocycles. The quantitative estimate of drug-likeness (QED) is 0.888. The van der Waals surface area contributed by atoms with Crippen molar-refractivity contribution in [2.75, 3.05) is 19.6 Å². The van der Waals surface area contributed by atoms with Gasteiger partial charge in [0.1, 0.15) is 10.7 Å². The van der Waals surface area contributed by atoms with Crippen molar-refractivity contribution in [1.29, 1.82) is 0 Å². The largest absolute Gasteiger partial charge is 0.337 e. The Hall–Kier alpha value is -1.73. The molecule has 1 amide bonds.